The average molecular weight is 323 g/mol. The summed E-state index contributed by atoms with van der Waals surface area (Å²) in [5.74, 6) is 5.71. The van der Waals surface area contributed by atoms with E-state index >= 15 is 0 Å². The normalized spacial score (nSPS) is 12.6. The zero-order valence-corrected chi connectivity index (χ0v) is 12.6. The Bertz CT molecular complexity index is 509. The third kappa shape index (κ3) is 3.43. The van der Waals surface area contributed by atoms with Crippen LogP contribution in [0.2, 0.25) is 0 Å². The summed E-state index contributed by atoms with van der Waals surface area (Å²) in [6.45, 7) is 2.91. The highest BCUT2D eigenvalue weighted by molar-refractivity contribution is 9.10. The zero-order chi connectivity index (χ0) is 13.7. The predicted octanol–water partition coefficient (Wildman–Crippen LogP) is 2.80. The third-order valence-electron chi connectivity index (χ3n) is 3.23. The number of halogens is 1. The number of hydrazine groups is 1. The molecule has 2 aromatic rings. The monoisotopic (exact) mass is 322 g/mol. The summed E-state index contributed by atoms with van der Waals surface area (Å²) in [4.78, 5) is 0. The van der Waals surface area contributed by atoms with Crippen molar-refractivity contribution in [1.29, 1.82) is 0 Å². The van der Waals surface area contributed by atoms with E-state index in [0.29, 0.717) is 0 Å². The number of hydrogen-bond donors (Lipinski definition) is 2. The van der Waals surface area contributed by atoms with Crippen LogP contribution in [0, 0.1) is 0 Å². The van der Waals surface area contributed by atoms with Gasteiger partial charge < -0.3 is 0 Å². The van der Waals surface area contributed by atoms with Crippen LogP contribution in [0.25, 0.3) is 0 Å². The molecule has 0 saturated heterocycles. The van der Waals surface area contributed by atoms with E-state index in [-0.39, 0.29) is 6.04 Å². The van der Waals surface area contributed by atoms with Gasteiger partial charge in [0, 0.05) is 6.54 Å². The summed E-state index contributed by atoms with van der Waals surface area (Å²) in [6.07, 6.45) is 3.74. The van der Waals surface area contributed by atoms with E-state index < -0.39 is 0 Å². The molecule has 0 radical (unpaired) electrons. The Balaban J connectivity index is 2.10. The first-order valence-corrected chi connectivity index (χ1v) is 7.26. The van der Waals surface area contributed by atoms with Gasteiger partial charge in [0.2, 0.25) is 0 Å². The van der Waals surface area contributed by atoms with Crippen molar-refractivity contribution in [2.75, 3.05) is 0 Å². The first-order chi connectivity index (χ1) is 9.26. The standard InChI is InChI=1S/C14H19BrN4/c1-2-19-14(12(15)10-17-19)13(18-16)9-8-11-6-4-3-5-7-11/h3-7,10,13,18H,2,8-9,16H2,1H3. The summed E-state index contributed by atoms with van der Waals surface area (Å²) >= 11 is 3.55. The van der Waals surface area contributed by atoms with Gasteiger partial charge in [0.25, 0.3) is 0 Å². The molecular formula is C14H19BrN4. The second-order valence-corrected chi connectivity index (χ2v) is 5.29. The lowest BCUT2D eigenvalue weighted by atomic mass is 10.0. The molecule has 0 saturated carbocycles. The third-order valence-corrected chi connectivity index (χ3v) is 3.84. The average Bonchev–Trinajstić information content (AvgIpc) is 2.82. The Morgan fingerprint density at radius 2 is 2.11 bits per heavy atom. The van der Waals surface area contributed by atoms with E-state index in [1.807, 2.05) is 16.9 Å². The number of aromatic nitrogens is 2. The van der Waals surface area contributed by atoms with E-state index in [1.54, 1.807) is 0 Å². The highest BCUT2D eigenvalue weighted by atomic mass is 79.9. The Morgan fingerprint density at radius 3 is 2.74 bits per heavy atom. The van der Waals surface area contributed by atoms with Crippen LogP contribution in [-0.2, 0) is 13.0 Å². The van der Waals surface area contributed by atoms with Crippen LogP contribution in [0.1, 0.15) is 30.6 Å². The number of nitrogens with zero attached hydrogens (tertiary/aromatic N) is 2. The summed E-state index contributed by atoms with van der Waals surface area (Å²) in [7, 11) is 0. The van der Waals surface area contributed by atoms with Gasteiger partial charge in [-0.1, -0.05) is 30.3 Å². The molecule has 0 aliphatic heterocycles. The SMILES string of the molecule is CCn1ncc(Br)c1C(CCc1ccccc1)NN. The molecule has 0 bridgehead atoms. The second kappa shape index (κ2) is 6.84. The van der Waals surface area contributed by atoms with Crippen LogP contribution >= 0.6 is 15.9 Å². The van der Waals surface area contributed by atoms with Crippen molar-refractivity contribution in [2.24, 2.45) is 5.84 Å². The maximum Gasteiger partial charge on any atom is 0.0709 e. The number of hydrogen-bond acceptors (Lipinski definition) is 3. The van der Waals surface area contributed by atoms with Crippen molar-refractivity contribution in [1.82, 2.24) is 15.2 Å². The molecule has 1 heterocycles. The number of benzene rings is 1. The zero-order valence-electron chi connectivity index (χ0n) is 11.0. The first-order valence-electron chi connectivity index (χ1n) is 6.47. The molecule has 1 unspecified atom stereocenters. The van der Waals surface area contributed by atoms with E-state index in [2.05, 4.69) is 57.6 Å². The van der Waals surface area contributed by atoms with E-state index in [1.165, 1.54) is 5.56 Å². The van der Waals surface area contributed by atoms with Crippen molar-refractivity contribution in [3.05, 3.63) is 52.3 Å². The molecule has 1 atom stereocenters. The van der Waals surface area contributed by atoms with Crippen LogP contribution in [-0.4, -0.2) is 9.78 Å². The highest BCUT2D eigenvalue weighted by Crippen LogP contribution is 2.26. The lowest BCUT2D eigenvalue weighted by Gasteiger charge is -2.18. The van der Waals surface area contributed by atoms with Crippen molar-refractivity contribution >= 4 is 15.9 Å². The van der Waals surface area contributed by atoms with E-state index in [0.717, 1.165) is 29.6 Å². The molecule has 5 heteroatoms. The van der Waals surface area contributed by atoms with Gasteiger partial charge >= 0.3 is 0 Å². The number of nitrogens with one attached hydrogen (secondary N) is 1. The van der Waals surface area contributed by atoms with Crippen LogP contribution in [0.3, 0.4) is 0 Å². The fourth-order valence-corrected chi connectivity index (χ4v) is 2.80. The quantitative estimate of drug-likeness (QED) is 0.635. The minimum atomic E-state index is 0.0945. The van der Waals surface area contributed by atoms with E-state index in [4.69, 9.17) is 5.84 Å². The van der Waals surface area contributed by atoms with Crippen LogP contribution < -0.4 is 11.3 Å². The highest BCUT2D eigenvalue weighted by Gasteiger charge is 2.18. The molecule has 19 heavy (non-hydrogen) atoms. The van der Waals surface area contributed by atoms with Crippen LogP contribution in [0.15, 0.2) is 41.0 Å². The molecule has 0 aliphatic carbocycles. The van der Waals surface area contributed by atoms with Crippen molar-refractivity contribution in [3.8, 4) is 0 Å². The minimum absolute atomic E-state index is 0.0945. The van der Waals surface area contributed by atoms with Gasteiger partial charge in [-0.3, -0.25) is 16.0 Å². The smallest absolute Gasteiger partial charge is 0.0709 e. The van der Waals surface area contributed by atoms with Gasteiger partial charge in [-0.2, -0.15) is 5.10 Å². The summed E-state index contributed by atoms with van der Waals surface area (Å²) in [5, 5.41) is 4.33. The minimum Gasteiger partial charge on any atom is -0.271 e. The largest absolute Gasteiger partial charge is 0.271 e. The predicted molar refractivity (Wildman–Crippen MR) is 80.4 cm³/mol. The van der Waals surface area contributed by atoms with Crippen LogP contribution in [0.5, 0.6) is 0 Å². The van der Waals surface area contributed by atoms with Gasteiger partial charge in [-0.05, 0) is 41.3 Å². The molecule has 0 aliphatic rings. The van der Waals surface area contributed by atoms with Gasteiger partial charge in [-0.15, -0.1) is 0 Å². The first kappa shape index (κ1) is 14.2. The molecule has 4 nitrogen and oxygen atoms in total. The molecule has 2 rings (SSSR count). The molecule has 0 amide bonds. The summed E-state index contributed by atoms with van der Waals surface area (Å²) in [5.41, 5.74) is 5.33. The van der Waals surface area contributed by atoms with Gasteiger partial charge in [0.1, 0.15) is 0 Å². The Kier molecular flexibility index (Phi) is 5.13. The van der Waals surface area contributed by atoms with Gasteiger partial charge in [-0.25, -0.2) is 0 Å². The van der Waals surface area contributed by atoms with Crippen molar-refractivity contribution in [2.45, 2.75) is 32.4 Å². The number of nitrogens with two attached hydrogens (primary N) is 1. The fourth-order valence-electron chi connectivity index (χ4n) is 2.23. The lowest BCUT2D eigenvalue weighted by Crippen LogP contribution is -2.30. The Hall–Kier alpha value is -1.17. The van der Waals surface area contributed by atoms with Crippen molar-refractivity contribution < 1.29 is 0 Å². The molecule has 3 N–H and O–H groups in total. The topological polar surface area (TPSA) is 55.9 Å². The fraction of sp³-hybridized carbons (Fsp3) is 0.357. The van der Waals surface area contributed by atoms with Gasteiger partial charge in [0.05, 0.1) is 22.4 Å². The maximum absolute atomic E-state index is 5.71. The number of aryl methyl sites for hydroxylation is 2. The Morgan fingerprint density at radius 1 is 1.37 bits per heavy atom. The molecular weight excluding hydrogens is 304 g/mol. The molecule has 1 aromatic heterocycles. The van der Waals surface area contributed by atoms with Crippen molar-refractivity contribution in [3.63, 3.8) is 0 Å². The molecule has 102 valence electrons. The molecule has 0 spiro atoms. The van der Waals surface area contributed by atoms with E-state index in [9.17, 15) is 0 Å². The maximum atomic E-state index is 5.71. The lowest BCUT2D eigenvalue weighted by molar-refractivity contribution is 0.465. The molecule has 0 fully saturated rings. The summed E-state index contributed by atoms with van der Waals surface area (Å²) in [6, 6.07) is 10.5. The number of rotatable bonds is 6. The van der Waals surface area contributed by atoms with Gasteiger partial charge in [0.15, 0.2) is 0 Å². The summed E-state index contributed by atoms with van der Waals surface area (Å²) < 4.78 is 2.98. The second-order valence-electron chi connectivity index (χ2n) is 4.44. The molecule has 1 aromatic carbocycles. The van der Waals surface area contributed by atoms with Crippen LogP contribution in [0.4, 0.5) is 0 Å². The Labute approximate surface area is 122 Å².